The van der Waals surface area contributed by atoms with Crippen molar-refractivity contribution in [2.24, 2.45) is 5.16 Å². The van der Waals surface area contributed by atoms with Crippen molar-refractivity contribution in [3.63, 3.8) is 0 Å². The van der Waals surface area contributed by atoms with E-state index in [0.29, 0.717) is 12.8 Å². The summed E-state index contributed by atoms with van der Waals surface area (Å²) in [5, 5.41) is 14.4. The molecule has 108 valence electrons. The third-order valence-electron chi connectivity index (χ3n) is 3.72. The van der Waals surface area contributed by atoms with E-state index in [1.54, 1.807) is 0 Å². The molecule has 2 atom stereocenters. The van der Waals surface area contributed by atoms with Crippen LogP contribution in [0.1, 0.15) is 17.5 Å². The van der Waals surface area contributed by atoms with E-state index in [2.05, 4.69) is 17.3 Å². The van der Waals surface area contributed by atoms with Crippen LogP contribution in [0, 0.1) is 0 Å². The third kappa shape index (κ3) is 3.70. The second-order valence-electron chi connectivity index (χ2n) is 5.42. The van der Waals surface area contributed by atoms with Crippen molar-refractivity contribution >= 4 is 5.71 Å². The molecule has 3 heteroatoms. The van der Waals surface area contributed by atoms with Gasteiger partial charge >= 0.3 is 0 Å². The largest absolute Gasteiger partial charge is 0.389 e. The van der Waals surface area contributed by atoms with Crippen LogP contribution in [-0.4, -0.2) is 23.0 Å². The fourth-order valence-electron chi connectivity index (χ4n) is 2.58. The van der Waals surface area contributed by atoms with Gasteiger partial charge in [0.25, 0.3) is 0 Å². The van der Waals surface area contributed by atoms with Gasteiger partial charge in [-0.05, 0) is 11.1 Å². The number of hydrogen-bond acceptors (Lipinski definition) is 3. The molecule has 0 fully saturated rings. The van der Waals surface area contributed by atoms with Gasteiger partial charge in [-0.2, -0.15) is 0 Å². The minimum absolute atomic E-state index is 0.232. The van der Waals surface area contributed by atoms with Crippen LogP contribution >= 0.6 is 0 Å². The van der Waals surface area contributed by atoms with Crippen molar-refractivity contribution in [3.8, 4) is 0 Å². The maximum Gasteiger partial charge on any atom is 0.158 e. The molecule has 0 aromatic heterocycles. The molecule has 1 N–H and O–H groups in total. The predicted molar refractivity (Wildman–Crippen MR) is 83.2 cm³/mol. The number of nitrogens with zero attached hydrogens (tertiary/aromatic N) is 1. The first-order chi connectivity index (χ1) is 10.3. The van der Waals surface area contributed by atoms with Crippen molar-refractivity contribution in [1.82, 2.24) is 0 Å². The Morgan fingerprint density at radius 1 is 1.00 bits per heavy atom. The summed E-state index contributed by atoms with van der Waals surface area (Å²) in [6.45, 7) is 0. The van der Waals surface area contributed by atoms with Gasteiger partial charge in [0, 0.05) is 19.3 Å². The van der Waals surface area contributed by atoms with Crippen LogP contribution < -0.4 is 0 Å². The zero-order chi connectivity index (χ0) is 14.5. The topological polar surface area (TPSA) is 41.8 Å². The Kier molecular flexibility index (Phi) is 4.31. The summed E-state index contributed by atoms with van der Waals surface area (Å²) in [4.78, 5) is 5.41. The summed E-state index contributed by atoms with van der Waals surface area (Å²) in [7, 11) is 0. The van der Waals surface area contributed by atoms with E-state index < -0.39 is 6.10 Å². The maximum atomic E-state index is 10.3. The number of oxime groups is 1. The lowest BCUT2D eigenvalue weighted by molar-refractivity contribution is -0.0164. The van der Waals surface area contributed by atoms with Crippen LogP contribution in [-0.2, 0) is 17.7 Å². The highest BCUT2D eigenvalue weighted by Crippen LogP contribution is 2.19. The van der Waals surface area contributed by atoms with Crippen molar-refractivity contribution in [3.05, 3.63) is 71.8 Å². The van der Waals surface area contributed by atoms with Gasteiger partial charge in [0.1, 0.15) is 0 Å². The molecule has 2 aromatic rings. The van der Waals surface area contributed by atoms with E-state index in [1.165, 1.54) is 5.56 Å². The Balaban J connectivity index is 1.53. The fraction of sp³-hybridized carbons (Fsp3) is 0.278. The molecule has 0 unspecified atom stereocenters. The van der Waals surface area contributed by atoms with Crippen LogP contribution in [0.2, 0.25) is 0 Å². The van der Waals surface area contributed by atoms with E-state index in [9.17, 15) is 5.11 Å². The first-order valence-electron chi connectivity index (χ1n) is 7.29. The lowest BCUT2D eigenvalue weighted by atomic mass is 9.98. The molecule has 3 rings (SSSR count). The number of rotatable bonds is 5. The SMILES string of the molecule is O[C@@H](Cc1ccccc1)[C@@H]1CC(Cc2ccccc2)=NO1. The molecule has 0 saturated heterocycles. The summed E-state index contributed by atoms with van der Waals surface area (Å²) in [5.41, 5.74) is 3.33. The molecule has 0 amide bonds. The van der Waals surface area contributed by atoms with E-state index in [4.69, 9.17) is 4.84 Å². The maximum absolute atomic E-state index is 10.3. The standard InChI is InChI=1S/C18H19NO2/c20-17(12-15-9-5-2-6-10-15)18-13-16(19-21-18)11-14-7-3-1-4-8-14/h1-10,17-18,20H,11-13H2/t17-,18-/m0/s1. The summed E-state index contributed by atoms with van der Waals surface area (Å²) < 4.78 is 0. The van der Waals surface area contributed by atoms with Crippen molar-refractivity contribution < 1.29 is 9.94 Å². The summed E-state index contributed by atoms with van der Waals surface area (Å²) in [5.74, 6) is 0. The second-order valence-corrected chi connectivity index (χ2v) is 5.42. The Hall–Kier alpha value is -2.13. The second kappa shape index (κ2) is 6.55. The molecule has 1 heterocycles. The molecule has 0 bridgehead atoms. The monoisotopic (exact) mass is 281 g/mol. The Morgan fingerprint density at radius 2 is 1.62 bits per heavy atom. The third-order valence-corrected chi connectivity index (χ3v) is 3.72. The van der Waals surface area contributed by atoms with Gasteiger partial charge in [-0.1, -0.05) is 65.8 Å². The normalized spacial score (nSPS) is 18.9. The molecule has 0 aliphatic carbocycles. The Morgan fingerprint density at radius 3 is 2.29 bits per heavy atom. The molecule has 0 saturated carbocycles. The quantitative estimate of drug-likeness (QED) is 0.915. The van der Waals surface area contributed by atoms with Crippen molar-refractivity contribution in [1.29, 1.82) is 0 Å². The Bertz CT molecular complexity index is 595. The van der Waals surface area contributed by atoms with Gasteiger partial charge < -0.3 is 9.94 Å². The highest BCUT2D eigenvalue weighted by atomic mass is 16.6. The van der Waals surface area contributed by atoms with Crippen molar-refractivity contribution in [2.45, 2.75) is 31.5 Å². The molecule has 1 aliphatic heterocycles. The lowest BCUT2D eigenvalue weighted by Crippen LogP contribution is -2.28. The molecule has 3 nitrogen and oxygen atoms in total. The van der Waals surface area contributed by atoms with E-state index in [1.807, 2.05) is 48.5 Å². The smallest absolute Gasteiger partial charge is 0.158 e. The molecule has 2 aromatic carbocycles. The molecule has 0 radical (unpaired) electrons. The molecular weight excluding hydrogens is 262 g/mol. The van der Waals surface area contributed by atoms with Gasteiger partial charge in [0.15, 0.2) is 6.10 Å². The minimum Gasteiger partial charge on any atom is -0.389 e. The van der Waals surface area contributed by atoms with Crippen LogP contribution in [0.5, 0.6) is 0 Å². The van der Waals surface area contributed by atoms with Crippen LogP contribution in [0.3, 0.4) is 0 Å². The summed E-state index contributed by atoms with van der Waals surface area (Å²) in [6, 6.07) is 20.2. The van der Waals surface area contributed by atoms with Gasteiger partial charge in [0.05, 0.1) is 11.8 Å². The molecule has 1 aliphatic rings. The average Bonchev–Trinajstić information content (AvgIpc) is 2.98. The lowest BCUT2D eigenvalue weighted by Gasteiger charge is -2.16. The zero-order valence-corrected chi connectivity index (χ0v) is 11.9. The number of hydrogen-bond donors (Lipinski definition) is 1. The van der Waals surface area contributed by atoms with Gasteiger partial charge in [-0.3, -0.25) is 0 Å². The summed E-state index contributed by atoms with van der Waals surface area (Å²) in [6.07, 6.45) is 1.33. The highest BCUT2D eigenvalue weighted by Gasteiger charge is 2.28. The summed E-state index contributed by atoms with van der Waals surface area (Å²) >= 11 is 0. The number of aliphatic hydroxyl groups excluding tert-OH is 1. The molecule has 0 spiro atoms. The van der Waals surface area contributed by atoms with Crippen LogP contribution in [0.15, 0.2) is 65.8 Å². The van der Waals surface area contributed by atoms with Crippen molar-refractivity contribution in [2.75, 3.05) is 0 Å². The van der Waals surface area contributed by atoms with E-state index in [-0.39, 0.29) is 6.10 Å². The number of aliphatic hydroxyl groups is 1. The van der Waals surface area contributed by atoms with Gasteiger partial charge in [-0.15, -0.1) is 0 Å². The Labute approximate surface area is 124 Å². The zero-order valence-electron chi connectivity index (χ0n) is 11.9. The fourth-order valence-corrected chi connectivity index (χ4v) is 2.58. The average molecular weight is 281 g/mol. The predicted octanol–water partition coefficient (Wildman–Crippen LogP) is 2.98. The molecule has 21 heavy (non-hydrogen) atoms. The van der Waals surface area contributed by atoms with E-state index in [0.717, 1.165) is 17.7 Å². The number of benzene rings is 2. The van der Waals surface area contributed by atoms with Crippen LogP contribution in [0.25, 0.3) is 0 Å². The highest BCUT2D eigenvalue weighted by molar-refractivity contribution is 5.87. The van der Waals surface area contributed by atoms with E-state index >= 15 is 0 Å². The van der Waals surface area contributed by atoms with Gasteiger partial charge in [0.2, 0.25) is 0 Å². The molecular formula is C18H19NO2. The first-order valence-corrected chi connectivity index (χ1v) is 7.29. The minimum atomic E-state index is -0.524. The van der Waals surface area contributed by atoms with Crippen LogP contribution in [0.4, 0.5) is 0 Å². The first kappa shape index (κ1) is 13.8. The van der Waals surface area contributed by atoms with Gasteiger partial charge in [-0.25, -0.2) is 0 Å².